The zero-order valence-corrected chi connectivity index (χ0v) is 8.65. The van der Waals surface area contributed by atoms with Crippen LogP contribution in [0.4, 0.5) is 0 Å². The predicted molar refractivity (Wildman–Crippen MR) is 57.6 cm³/mol. The fourth-order valence-corrected chi connectivity index (χ4v) is 1.18. The van der Waals surface area contributed by atoms with Crippen molar-refractivity contribution in [2.45, 2.75) is 13.8 Å². The lowest BCUT2D eigenvalue weighted by molar-refractivity contribution is -0.146. The van der Waals surface area contributed by atoms with Crippen LogP contribution in [-0.4, -0.2) is 16.9 Å². The monoisotopic (exact) mass is 204 g/mol. The van der Waals surface area contributed by atoms with Gasteiger partial charge in [0, 0.05) is 0 Å². The van der Waals surface area contributed by atoms with Crippen molar-refractivity contribution in [1.29, 1.82) is 0 Å². The maximum atomic E-state index is 10.8. The van der Waals surface area contributed by atoms with Gasteiger partial charge in [-0.2, -0.15) is 0 Å². The number of carboxylic acid groups (broad SMARTS) is 1. The molecule has 0 aromatic heterocycles. The Bertz CT molecular complexity index is 430. The quantitative estimate of drug-likeness (QED) is 0.605. The number of aliphatic carboxylic acids is 1. The highest BCUT2D eigenvalue weighted by Crippen LogP contribution is 2.12. The summed E-state index contributed by atoms with van der Waals surface area (Å²) in [6.45, 7) is 3.85. The van der Waals surface area contributed by atoms with Gasteiger partial charge >= 0.3 is 5.97 Å². The molecule has 0 amide bonds. The van der Waals surface area contributed by atoms with Crippen LogP contribution in [0.1, 0.15) is 16.7 Å². The second kappa shape index (κ2) is 4.55. The molecule has 0 saturated heterocycles. The largest absolute Gasteiger partial charge is 0.475 e. The normalized spacial score (nSPS) is 10.5. The number of carboxylic acids is 1. The van der Waals surface area contributed by atoms with Gasteiger partial charge in [-0.05, 0) is 31.1 Å². The molecule has 78 valence electrons. The van der Waals surface area contributed by atoms with E-state index in [1.807, 2.05) is 32.0 Å². The summed E-state index contributed by atoms with van der Waals surface area (Å²) in [6, 6.07) is 5.80. The van der Waals surface area contributed by atoms with Gasteiger partial charge in [-0.3, -0.25) is 4.79 Å². The zero-order valence-electron chi connectivity index (χ0n) is 8.65. The summed E-state index contributed by atoms with van der Waals surface area (Å²) in [7, 11) is 0. The first kappa shape index (κ1) is 11.2. The molecule has 0 radical (unpaired) electrons. The average Bonchev–Trinajstić information content (AvgIpc) is 2.18. The summed E-state index contributed by atoms with van der Waals surface area (Å²) in [6.07, 6.45) is 2.60. The van der Waals surface area contributed by atoms with E-state index in [1.54, 1.807) is 0 Å². The van der Waals surface area contributed by atoms with Crippen molar-refractivity contribution in [2.24, 2.45) is 0 Å². The molecule has 0 fully saturated rings. The fourth-order valence-electron chi connectivity index (χ4n) is 1.18. The van der Waals surface area contributed by atoms with Crippen LogP contribution in [0.15, 0.2) is 24.3 Å². The molecule has 1 N–H and O–H groups in total. The third kappa shape index (κ3) is 3.06. The van der Waals surface area contributed by atoms with Gasteiger partial charge in [0.25, 0.3) is 5.78 Å². The maximum absolute atomic E-state index is 10.8. The first-order valence-corrected chi connectivity index (χ1v) is 4.53. The molecule has 0 aliphatic carbocycles. The van der Waals surface area contributed by atoms with E-state index in [0.717, 1.165) is 22.8 Å². The molecule has 0 spiro atoms. The van der Waals surface area contributed by atoms with Gasteiger partial charge in [0.1, 0.15) is 0 Å². The lowest BCUT2D eigenvalue weighted by Gasteiger charge is -2.00. The number of hydrogen-bond acceptors (Lipinski definition) is 2. The summed E-state index contributed by atoms with van der Waals surface area (Å²) < 4.78 is 0. The Morgan fingerprint density at radius 3 is 2.53 bits per heavy atom. The zero-order chi connectivity index (χ0) is 11.4. The van der Waals surface area contributed by atoms with Crippen molar-refractivity contribution in [2.75, 3.05) is 0 Å². The fraction of sp³-hybridized carbons (Fsp3) is 0.167. The Morgan fingerprint density at radius 1 is 1.27 bits per heavy atom. The van der Waals surface area contributed by atoms with Crippen LogP contribution in [0.5, 0.6) is 0 Å². The molecule has 3 nitrogen and oxygen atoms in total. The lowest BCUT2D eigenvalue weighted by Crippen LogP contribution is -2.08. The molecule has 0 heterocycles. The Hall–Kier alpha value is -1.90. The highest BCUT2D eigenvalue weighted by Gasteiger charge is 2.05. The molecule has 0 aliphatic rings. The van der Waals surface area contributed by atoms with Crippen LogP contribution >= 0.6 is 0 Å². The number of rotatable bonds is 3. The van der Waals surface area contributed by atoms with E-state index in [-0.39, 0.29) is 0 Å². The summed E-state index contributed by atoms with van der Waals surface area (Å²) in [4.78, 5) is 21.1. The van der Waals surface area contributed by atoms with E-state index in [4.69, 9.17) is 5.11 Å². The van der Waals surface area contributed by atoms with E-state index in [1.165, 1.54) is 6.08 Å². The molecule has 1 aromatic rings. The van der Waals surface area contributed by atoms with Crippen molar-refractivity contribution in [3.8, 4) is 0 Å². The molecule has 0 saturated carbocycles. The maximum Gasteiger partial charge on any atom is 0.376 e. The standard InChI is InChI=1S/C12H12O3/c1-8-3-4-9(2)10(7-8)5-6-11(13)12(14)15/h3-7H,1-2H3,(H,14,15)/b6-5+. The van der Waals surface area contributed by atoms with E-state index in [2.05, 4.69) is 0 Å². The third-order valence-corrected chi connectivity index (χ3v) is 2.06. The van der Waals surface area contributed by atoms with Gasteiger partial charge in [-0.25, -0.2) is 4.79 Å². The Morgan fingerprint density at radius 2 is 1.93 bits per heavy atom. The van der Waals surface area contributed by atoms with E-state index in [0.29, 0.717) is 0 Å². The highest BCUT2D eigenvalue weighted by molar-refractivity contribution is 6.38. The minimum absolute atomic E-state index is 0.865. The predicted octanol–water partition coefficient (Wildman–Crippen LogP) is 1.97. The molecule has 1 rings (SSSR count). The van der Waals surface area contributed by atoms with Crippen molar-refractivity contribution >= 4 is 17.8 Å². The number of hydrogen-bond donors (Lipinski definition) is 1. The van der Waals surface area contributed by atoms with Crippen molar-refractivity contribution < 1.29 is 14.7 Å². The number of benzene rings is 1. The molecule has 0 aliphatic heterocycles. The van der Waals surface area contributed by atoms with Crippen LogP contribution in [-0.2, 0) is 9.59 Å². The van der Waals surface area contributed by atoms with E-state index >= 15 is 0 Å². The topological polar surface area (TPSA) is 54.4 Å². The van der Waals surface area contributed by atoms with Crippen molar-refractivity contribution in [3.05, 3.63) is 41.0 Å². The van der Waals surface area contributed by atoms with Crippen molar-refractivity contribution in [3.63, 3.8) is 0 Å². The molecule has 15 heavy (non-hydrogen) atoms. The Labute approximate surface area is 88.0 Å². The SMILES string of the molecule is Cc1ccc(C)c(/C=C/C(=O)C(=O)O)c1. The van der Waals surface area contributed by atoms with Crippen LogP contribution in [0, 0.1) is 13.8 Å². The summed E-state index contributed by atoms with van der Waals surface area (Å²) >= 11 is 0. The number of ketones is 1. The first-order valence-electron chi connectivity index (χ1n) is 4.53. The van der Waals surface area contributed by atoms with E-state index in [9.17, 15) is 9.59 Å². The lowest BCUT2D eigenvalue weighted by atomic mass is 10.1. The third-order valence-electron chi connectivity index (χ3n) is 2.06. The minimum Gasteiger partial charge on any atom is -0.475 e. The second-order valence-corrected chi connectivity index (χ2v) is 3.36. The van der Waals surface area contributed by atoms with E-state index < -0.39 is 11.8 Å². The average molecular weight is 204 g/mol. The number of aryl methyl sites for hydroxylation is 2. The van der Waals surface area contributed by atoms with Crippen LogP contribution < -0.4 is 0 Å². The molecule has 0 atom stereocenters. The molecule has 0 unspecified atom stereocenters. The Kier molecular flexibility index (Phi) is 3.39. The molecular formula is C12H12O3. The second-order valence-electron chi connectivity index (χ2n) is 3.36. The summed E-state index contributed by atoms with van der Waals surface area (Å²) in [5, 5.41) is 8.38. The number of carbonyl (C=O) groups is 2. The summed E-state index contributed by atoms with van der Waals surface area (Å²) in [5.41, 5.74) is 2.95. The first-order chi connectivity index (χ1) is 7.00. The van der Waals surface area contributed by atoms with Crippen LogP contribution in [0.2, 0.25) is 0 Å². The smallest absolute Gasteiger partial charge is 0.376 e. The Balaban J connectivity index is 2.94. The van der Waals surface area contributed by atoms with Gasteiger partial charge in [0.15, 0.2) is 0 Å². The van der Waals surface area contributed by atoms with Gasteiger partial charge in [0.05, 0.1) is 0 Å². The highest BCUT2D eigenvalue weighted by atomic mass is 16.4. The molecular weight excluding hydrogens is 192 g/mol. The van der Waals surface area contributed by atoms with Crippen molar-refractivity contribution in [1.82, 2.24) is 0 Å². The minimum atomic E-state index is -1.43. The van der Waals surface area contributed by atoms with Crippen LogP contribution in [0.25, 0.3) is 6.08 Å². The molecule has 3 heteroatoms. The number of carbonyl (C=O) groups excluding carboxylic acids is 1. The molecule has 0 bridgehead atoms. The van der Waals surface area contributed by atoms with Crippen LogP contribution in [0.3, 0.4) is 0 Å². The van der Waals surface area contributed by atoms with Gasteiger partial charge < -0.3 is 5.11 Å². The molecule has 1 aromatic carbocycles. The summed E-state index contributed by atoms with van der Waals surface area (Å²) in [5.74, 6) is -2.34. The van der Waals surface area contributed by atoms with Gasteiger partial charge in [0.2, 0.25) is 0 Å². The van der Waals surface area contributed by atoms with Gasteiger partial charge in [-0.15, -0.1) is 0 Å². The van der Waals surface area contributed by atoms with Gasteiger partial charge in [-0.1, -0.05) is 29.8 Å².